The number of nitrogens with one attached hydrogen (secondary N) is 1. The first-order valence-corrected chi connectivity index (χ1v) is 10.7. The van der Waals surface area contributed by atoms with Gasteiger partial charge in [-0.25, -0.2) is 0 Å². The van der Waals surface area contributed by atoms with Gasteiger partial charge in [0.2, 0.25) is 0 Å². The summed E-state index contributed by atoms with van der Waals surface area (Å²) in [7, 11) is 2.16. The summed E-state index contributed by atoms with van der Waals surface area (Å²) in [6.07, 6.45) is 3.60. The number of likely N-dealkylation sites (N-methyl/N-ethyl adjacent to an activating group) is 1. The van der Waals surface area contributed by atoms with Gasteiger partial charge in [-0.15, -0.1) is 0 Å². The van der Waals surface area contributed by atoms with Crippen LogP contribution in [0.1, 0.15) is 35.9 Å². The second kappa shape index (κ2) is 8.80. The van der Waals surface area contributed by atoms with Gasteiger partial charge in [0.25, 0.3) is 5.91 Å². The Labute approximate surface area is 177 Å². The molecule has 0 atom stereocenters. The predicted octanol–water partition coefficient (Wildman–Crippen LogP) is 3.39. The molecule has 2 aromatic rings. The summed E-state index contributed by atoms with van der Waals surface area (Å²) in [5.74, 6) is 0.538. The van der Waals surface area contributed by atoms with Crippen LogP contribution in [0.25, 0.3) is 0 Å². The largest absolute Gasteiger partial charge is 0.458 e. The van der Waals surface area contributed by atoms with Crippen LogP contribution in [0.5, 0.6) is 0 Å². The minimum atomic E-state index is -0.338. The summed E-state index contributed by atoms with van der Waals surface area (Å²) in [4.78, 5) is 19.8. The Morgan fingerprint density at radius 2 is 1.83 bits per heavy atom. The van der Waals surface area contributed by atoms with Gasteiger partial charge in [0.15, 0.2) is 5.76 Å². The molecule has 2 saturated heterocycles. The maximum absolute atomic E-state index is 12.7. The molecule has 1 aromatic heterocycles. The second-order valence-electron chi connectivity index (χ2n) is 8.43. The Morgan fingerprint density at radius 3 is 2.50 bits per heavy atom. The highest BCUT2D eigenvalue weighted by atomic mass is 16.3. The zero-order valence-electron chi connectivity index (χ0n) is 17.7. The Bertz CT molecular complexity index is 931. The summed E-state index contributed by atoms with van der Waals surface area (Å²) in [5.41, 5.74) is 3.37. The van der Waals surface area contributed by atoms with Gasteiger partial charge in [0, 0.05) is 51.0 Å². The fourth-order valence-electron chi connectivity index (χ4n) is 4.10. The number of furan rings is 1. The first-order chi connectivity index (χ1) is 14.5. The topological polar surface area (TPSA) is 75.8 Å². The number of carbonyl (C=O) groups excluding carboxylic acids is 1. The molecule has 0 bridgehead atoms. The number of anilines is 3. The van der Waals surface area contributed by atoms with Gasteiger partial charge < -0.3 is 24.4 Å². The van der Waals surface area contributed by atoms with Gasteiger partial charge >= 0.3 is 0 Å². The molecule has 2 fully saturated rings. The molecule has 4 rings (SSSR count). The maximum atomic E-state index is 12.7. The first kappa shape index (κ1) is 20.3. The minimum absolute atomic E-state index is 0.146. The lowest BCUT2D eigenvalue weighted by atomic mass is 9.98. The summed E-state index contributed by atoms with van der Waals surface area (Å²) in [6.45, 7) is 8.36. The number of nitrogens with zero attached hydrogens (tertiary/aromatic N) is 4. The van der Waals surface area contributed by atoms with E-state index in [1.165, 1.54) is 18.0 Å². The molecule has 0 unspecified atom stereocenters. The fraction of sp³-hybridized carbons (Fsp3) is 0.478. The SMILES string of the molecule is CC1CCN(c2cc(N3CCN(C)CC3)ccc2NC(=O)c2cc(C#N)co2)CC1. The van der Waals surface area contributed by atoms with E-state index >= 15 is 0 Å². The van der Waals surface area contributed by atoms with Crippen LogP contribution < -0.4 is 15.1 Å². The van der Waals surface area contributed by atoms with Crippen LogP contribution in [-0.4, -0.2) is 57.1 Å². The smallest absolute Gasteiger partial charge is 0.291 e. The van der Waals surface area contributed by atoms with Crippen LogP contribution in [0.2, 0.25) is 0 Å². The highest BCUT2D eigenvalue weighted by Gasteiger charge is 2.22. The molecule has 0 aliphatic carbocycles. The number of nitriles is 1. The number of piperidine rings is 1. The molecule has 2 aliphatic heterocycles. The first-order valence-electron chi connectivity index (χ1n) is 10.7. The zero-order chi connectivity index (χ0) is 21.1. The number of hydrogen-bond donors (Lipinski definition) is 1. The molecule has 7 heteroatoms. The van der Waals surface area contributed by atoms with Crippen LogP contribution in [0.3, 0.4) is 0 Å². The predicted molar refractivity (Wildman–Crippen MR) is 118 cm³/mol. The molecule has 0 spiro atoms. The zero-order valence-corrected chi connectivity index (χ0v) is 17.7. The lowest BCUT2D eigenvalue weighted by Crippen LogP contribution is -2.44. The highest BCUT2D eigenvalue weighted by Crippen LogP contribution is 2.34. The minimum Gasteiger partial charge on any atom is -0.458 e. The standard InChI is InChI=1S/C23H29N5O2/c1-17-5-7-28(8-6-17)21-14-19(27-11-9-26(2)10-12-27)3-4-20(21)25-23(29)22-13-18(15-24)16-30-22/h3-4,13-14,16-17H,5-12H2,1-2H3,(H,25,29). The van der Waals surface area contributed by atoms with Crippen LogP contribution in [0.15, 0.2) is 34.9 Å². The van der Waals surface area contributed by atoms with Crippen molar-refractivity contribution < 1.29 is 9.21 Å². The Balaban J connectivity index is 1.59. The van der Waals surface area contributed by atoms with Crippen LogP contribution in [-0.2, 0) is 0 Å². The van der Waals surface area contributed by atoms with Crippen molar-refractivity contribution >= 4 is 23.0 Å². The lowest BCUT2D eigenvalue weighted by Gasteiger charge is -2.37. The molecule has 2 aliphatic rings. The van der Waals surface area contributed by atoms with Crippen molar-refractivity contribution in [1.82, 2.24) is 4.90 Å². The third kappa shape index (κ3) is 4.44. The highest BCUT2D eigenvalue weighted by molar-refractivity contribution is 6.04. The number of hydrogen-bond acceptors (Lipinski definition) is 6. The van der Waals surface area contributed by atoms with E-state index < -0.39 is 0 Å². The Morgan fingerprint density at radius 1 is 1.10 bits per heavy atom. The van der Waals surface area contributed by atoms with E-state index in [-0.39, 0.29) is 11.7 Å². The molecule has 1 aromatic carbocycles. The molecule has 0 saturated carbocycles. The van der Waals surface area contributed by atoms with Crippen molar-refractivity contribution in [3.63, 3.8) is 0 Å². The van der Waals surface area contributed by atoms with Gasteiger partial charge in [0.1, 0.15) is 12.3 Å². The maximum Gasteiger partial charge on any atom is 0.291 e. The van der Waals surface area contributed by atoms with Crippen molar-refractivity contribution in [2.45, 2.75) is 19.8 Å². The molecular formula is C23H29N5O2. The Kier molecular flexibility index (Phi) is 5.96. The average molecular weight is 408 g/mol. The molecule has 158 valence electrons. The van der Waals surface area contributed by atoms with E-state index in [2.05, 4.69) is 46.1 Å². The van der Waals surface area contributed by atoms with E-state index in [0.717, 1.165) is 69.4 Å². The van der Waals surface area contributed by atoms with Crippen molar-refractivity contribution in [1.29, 1.82) is 5.26 Å². The number of rotatable bonds is 4. The van der Waals surface area contributed by atoms with E-state index in [1.807, 2.05) is 12.1 Å². The van der Waals surface area contributed by atoms with Crippen LogP contribution >= 0.6 is 0 Å². The molecule has 0 radical (unpaired) electrons. The lowest BCUT2D eigenvalue weighted by molar-refractivity contribution is 0.0996. The number of amides is 1. The van der Waals surface area contributed by atoms with Gasteiger partial charge in [-0.1, -0.05) is 6.92 Å². The van der Waals surface area contributed by atoms with Crippen molar-refractivity contribution in [2.75, 3.05) is 61.4 Å². The van der Waals surface area contributed by atoms with Crippen molar-refractivity contribution in [3.8, 4) is 6.07 Å². The second-order valence-corrected chi connectivity index (χ2v) is 8.43. The molecule has 7 nitrogen and oxygen atoms in total. The van der Waals surface area contributed by atoms with E-state index in [0.29, 0.717) is 5.56 Å². The molecular weight excluding hydrogens is 378 g/mol. The van der Waals surface area contributed by atoms with Gasteiger partial charge in [-0.05, 0) is 44.0 Å². The van der Waals surface area contributed by atoms with Crippen molar-refractivity contribution in [2.24, 2.45) is 5.92 Å². The van der Waals surface area contributed by atoms with Crippen molar-refractivity contribution in [3.05, 3.63) is 41.9 Å². The van der Waals surface area contributed by atoms with Gasteiger partial charge in [-0.3, -0.25) is 4.79 Å². The Hall–Kier alpha value is -2.98. The van der Waals surface area contributed by atoms with E-state index in [4.69, 9.17) is 9.68 Å². The van der Waals surface area contributed by atoms with Gasteiger partial charge in [-0.2, -0.15) is 5.26 Å². The monoisotopic (exact) mass is 407 g/mol. The molecule has 3 heterocycles. The summed E-state index contributed by atoms with van der Waals surface area (Å²) < 4.78 is 5.26. The molecule has 1 amide bonds. The summed E-state index contributed by atoms with van der Waals surface area (Å²) >= 11 is 0. The quantitative estimate of drug-likeness (QED) is 0.837. The third-order valence-corrected chi connectivity index (χ3v) is 6.17. The number of benzene rings is 1. The van der Waals surface area contributed by atoms with Crippen LogP contribution in [0, 0.1) is 17.2 Å². The summed E-state index contributed by atoms with van der Waals surface area (Å²) in [6, 6.07) is 9.74. The van der Waals surface area contributed by atoms with E-state index in [9.17, 15) is 4.79 Å². The normalized spacial score (nSPS) is 18.3. The fourth-order valence-corrected chi connectivity index (χ4v) is 4.10. The number of piperazine rings is 1. The molecule has 30 heavy (non-hydrogen) atoms. The number of carbonyl (C=O) groups is 1. The summed E-state index contributed by atoms with van der Waals surface area (Å²) in [5, 5.41) is 12.0. The average Bonchev–Trinajstić information content (AvgIpc) is 3.25. The molecule has 1 N–H and O–H groups in total. The van der Waals surface area contributed by atoms with Crippen LogP contribution in [0.4, 0.5) is 17.1 Å². The van der Waals surface area contributed by atoms with E-state index in [1.54, 1.807) is 0 Å². The third-order valence-electron chi connectivity index (χ3n) is 6.17. The van der Waals surface area contributed by atoms with Gasteiger partial charge in [0.05, 0.1) is 16.9 Å².